The molecule has 0 aliphatic carbocycles. The molecule has 1 unspecified atom stereocenters. The molecule has 1 aromatic heterocycles. The second-order valence-electron chi connectivity index (χ2n) is 3.79. The fourth-order valence-electron chi connectivity index (χ4n) is 1.36. The Bertz CT molecular complexity index is 351. The SMILES string of the molecule is CCNC(=O)c1ccc(NC(C)CCN)nn1. The summed E-state index contributed by atoms with van der Waals surface area (Å²) in [4.78, 5) is 11.4. The first kappa shape index (κ1) is 13.4. The number of hydrogen-bond acceptors (Lipinski definition) is 5. The number of carbonyl (C=O) groups excluding carboxylic acids is 1. The Morgan fingerprint density at radius 3 is 2.76 bits per heavy atom. The Morgan fingerprint density at radius 1 is 1.47 bits per heavy atom. The minimum Gasteiger partial charge on any atom is -0.366 e. The van der Waals surface area contributed by atoms with Crippen molar-refractivity contribution in [3.05, 3.63) is 17.8 Å². The third-order valence-electron chi connectivity index (χ3n) is 2.23. The molecule has 94 valence electrons. The van der Waals surface area contributed by atoms with Crippen molar-refractivity contribution in [3.63, 3.8) is 0 Å². The lowest BCUT2D eigenvalue weighted by Crippen LogP contribution is -2.24. The van der Waals surface area contributed by atoms with Crippen LogP contribution in [0.25, 0.3) is 0 Å². The Kier molecular flexibility index (Phi) is 5.35. The number of nitrogens with zero attached hydrogens (tertiary/aromatic N) is 2. The monoisotopic (exact) mass is 237 g/mol. The molecule has 1 heterocycles. The molecule has 0 saturated heterocycles. The number of carbonyl (C=O) groups is 1. The van der Waals surface area contributed by atoms with E-state index in [-0.39, 0.29) is 11.9 Å². The van der Waals surface area contributed by atoms with E-state index in [0.29, 0.717) is 24.6 Å². The molecule has 0 radical (unpaired) electrons. The zero-order valence-corrected chi connectivity index (χ0v) is 10.2. The molecule has 6 heteroatoms. The third-order valence-corrected chi connectivity index (χ3v) is 2.23. The molecule has 0 spiro atoms. The molecular formula is C11H19N5O. The van der Waals surface area contributed by atoms with E-state index in [9.17, 15) is 4.79 Å². The highest BCUT2D eigenvalue weighted by Gasteiger charge is 2.07. The van der Waals surface area contributed by atoms with Crippen LogP contribution in [0.1, 0.15) is 30.8 Å². The first-order valence-electron chi connectivity index (χ1n) is 5.76. The molecule has 17 heavy (non-hydrogen) atoms. The van der Waals surface area contributed by atoms with Crippen LogP contribution in [-0.4, -0.2) is 35.2 Å². The van der Waals surface area contributed by atoms with Gasteiger partial charge in [0.25, 0.3) is 5.91 Å². The molecule has 0 aliphatic heterocycles. The zero-order chi connectivity index (χ0) is 12.7. The average molecular weight is 237 g/mol. The van der Waals surface area contributed by atoms with Crippen molar-refractivity contribution >= 4 is 11.7 Å². The van der Waals surface area contributed by atoms with E-state index < -0.39 is 0 Å². The number of rotatable bonds is 6. The van der Waals surface area contributed by atoms with Crippen LogP contribution in [0.15, 0.2) is 12.1 Å². The van der Waals surface area contributed by atoms with Gasteiger partial charge in [-0.05, 0) is 38.9 Å². The fourth-order valence-corrected chi connectivity index (χ4v) is 1.36. The lowest BCUT2D eigenvalue weighted by Gasteiger charge is -2.12. The van der Waals surface area contributed by atoms with Gasteiger partial charge < -0.3 is 16.4 Å². The zero-order valence-electron chi connectivity index (χ0n) is 10.2. The van der Waals surface area contributed by atoms with Crippen molar-refractivity contribution in [2.45, 2.75) is 26.3 Å². The van der Waals surface area contributed by atoms with Crippen molar-refractivity contribution in [2.75, 3.05) is 18.4 Å². The molecule has 0 aliphatic rings. The molecule has 1 atom stereocenters. The standard InChI is InChI=1S/C11H19N5O/c1-3-13-11(17)9-4-5-10(16-15-9)14-8(2)6-7-12/h4-5,8H,3,6-7,12H2,1-2H3,(H,13,17)(H,14,16). The summed E-state index contributed by atoms with van der Waals surface area (Å²) in [6.45, 7) is 5.08. The smallest absolute Gasteiger partial charge is 0.271 e. The number of aromatic nitrogens is 2. The maximum atomic E-state index is 11.4. The lowest BCUT2D eigenvalue weighted by atomic mass is 10.2. The Morgan fingerprint density at radius 2 is 2.24 bits per heavy atom. The maximum absolute atomic E-state index is 11.4. The minimum atomic E-state index is -0.207. The van der Waals surface area contributed by atoms with Crippen molar-refractivity contribution in [1.82, 2.24) is 15.5 Å². The van der Waals surface area contributed by atoms with Crippen LogP contribution >= 0.6 is 0 Å². The van der Waals surface area contributed by atoms with Crippen LogP contribution in [0.2, 0.25) is 0 Å². The van der Waals surface area contributed by atoms with Gasteiger partial charge in [0, 0.05) is 12.6 Å². The first-order chi connectivity index (χ1) is 8.17. The Hall–Kier alpha value is -1.69. The van der Waals surface area contributed by atoms with Crippen molar-refractivity contribution in [2.24, 2.45) is 5.73 Å². The highest BCUT2D eigenvalue weighted by molar-refractivity contribution is 5.92. The van der Waals surface area contributed by atoms with Gasteiger partial charge in [-0.3, -0.25) is 4.79 Å². The van der Waals surface area contributed by atoms with Crippen molar-refractivity contribution in [1.29, 1.82) is 0 Å². The second kappa shape index (κ2) is 6.80. The summed E-state index contributed by atoms with van der Waals surface area (Å²) in [5.41, 5.74) is 5.77. The van der Waals surface area contributed by atoms with Crippen molar-refractivity contribution < 1.29 is 4.79 Å². The molecule has 6 nitrogen and oxygen atoms in total. The topological polar surface area (TPSA) is 92.9 Å². The maximum Gasteiger partial charge on any atom is 0.271 e. The van der Waals surface area contributed by atoms with Crippen LogP contribution in [0.3, 0.4) is 0 Å². The van der Waals surface area contributed by atoms with E-state index >= 15 is 0 Å². The van der Waals surface area contributed by atoms with Gasteiger partial charge in [0.15, 0.2) is 5.69 Å². The summed E-state index contributed by atoms with van der Waals surface area (Å²) in [6, 6.07) is 3.63. The second-order valence-corrected chi connectivity index (χ2v) is 3.79. The molecule has 0 saturated carbocycles. The third kappa shape index (κ3) is 4.36. The summed E-state index contributed by atoms with van der Waals surface area (Å²) in [5.74, 6) is 0.445. The predicted molar refractivity (Wildman–Crippen MR) is 66.8 cm³/mol. The summed E-state index contributed by atoms with van der Waals surface area (Å²) in [7, 11) is 0. The lowest BCUT2D eigenvalue weighted by molar-refractivity contribution is 0.0950. The summed E-state index contributed by atoms with van der Waals surface area (Å²) < 4.78 is 0. The van der Waals surface area contributed by atoms with E-state index in [4.69, 9.17) is 5.73 Å². The molecule has 4 N–H and O–H groups in total. The van der Waals surface area contributed by atoms with E-state index in [1.54, 1.807) is 12.1 Å². The fraction of sp³-hybridized carbons (Fsp3) is 0.545. The van der Waals surface area contributed by atoms with Gasteiger partial charge in [-0.25, -0.2) is 0 Å². The highest BCUT2D eigenvalue weighted by Crippen LogP contribution is 2.05. The summed E-state index contributed by atoms with van der Waals surface area (Å²) in [5, 5.41) is 13.6. The van der Waals surface area contributed by atoms with E-state index in [2.05, 4.69) is 20.8 Å². The summed E-state index contributed by atoms with van der Waals surface area (Å²) in [6.07, 6.45) is 0.861. The quantitative estimate of drug-likeness (QED) is 0.665. The molecule has 1 amide bonds. The number of hydrogen-bond donors (Lipinski definition) is 3. The van der Waals surface area contributed by atoms with Crippen LogP contribution in [0.4, 0.5) is 5.82 Å². The van der Waals surface area contributed by atoms with Crippen LogP contribution in [-0.2, 0) is 0 Å². The van der Waals surface area contributed by atoms with Gasteiger partial charge in [-0.1, -0.05) is 0 Å². The molecular weight excluding hydrogens is 218 g/mol. The average Bonchev–Trinajstić information content (AvgIpc) is 2.30. The molecule has 1 rings (SSSR count). The van der Waals surface area contributed by atoms with Gasteiger partial charge in [-0.2, -0.15) is 0 Å². The minimum absolute atomic E-state index is 0.207. The normalized spacial score (nSPS) is 11.9. The van der Waals surface area contributed by atoms with Crippen LogP contribution in [0.5, 0.6) is 0 Å². The van der Waals surface area contributed by atoms with Crippen molar-refractivity contribution in [3.8, 4) is 0 Å². The Labute approximate surface area is 101 Å². The van der Waals surface area contributed by atoms with Gasteiger partial charge in [-0.15, -0.1) is 10.2 Å². The van der Waals surface area contributed by atoms with Gasteiger partial charge in [0.2, 0.25) is 0 Å². The highest BCUT2D eigenvalue weighted by atomic mass is 16.1. The summed E-state index contributed by atoms with van der Waals surface area (Å²) >= 11 is 0. The Balaban J connectivity index is 2.58. The van der Waals surface area contributed by atoms with E-state index in [0.717, 1.165) is 6.42 Å². The number of nitrogens with one attached hydrogen (secondary N) is 2. The number of amides is 1. The molecule has 0 fully saturated rings. The first-order valence-corrected chi connectivity index (χ1v) is 5.76. The van der Waals surface area contributed by atoms with Crippen LogP contribution < -0.4 is 16.4 Å². The number of anilines is 1. The molecule has 1 aromatic rings. The van der Waals surface area contributed by atoms with Gasteiger partial charge >= 0.3 is 0 Å². The number of nitrogens with two attached hydrogens (primary N) is 1. The molecule has 0 bridgehead atoms. The van der Waals surface area contributed by atoms with E-state index in [1.807, 2.05) is 13.8 Å². The van der Waals surface area contributed by atoms with E-state index in [1.165, 1.54) is 0 Å². The van der Waals surface area contributed by atoms with Crippen LogP contribution in [0, 0.1) is 0 Å². The molecule has 0 aromatic carbocycles. The van der Waals surface area contributed by atoms with Gasteiger partial charge in [0.05, 0.1) is 0 Å². The predicted octanol–water partition coefficient (Wildman–Crippen LogP) is 0.376. The van der Waals surface area contributed by atoms with Gasteiger partial charge in [0.1, 0.15) is 5.82 Å². The largest absolute Gasteiger partial charge is 0.366 e.